The largest absolute Gasteiger partial charge is 0.382 e. The summed E-state index contributed by atoms with van der Waals surface area (Å²) in [6.07, 6.45) is 0.507. The number of methoxy groups -OCH3 is 1. The smallest absolute Gasteiger partial charge is 0.254 e. The molecule has 2 heterocycles. The molecular weight excluding hydrogens is 242 g/mol. The van der Waals surface area contributed by atoms with Crippen molar-refractivity contribution in [2.75, 3.05) is 26.9 Å². The van der Waals surface area contributed by atoms with Gasteiger partial charge in [0.05, 0.1) is 13.2 Å². The zero-order chi connectivity index (χ0) is 13.0. The third kappa shape index (κ3) is 3.49. The fourth-order valence-corrected chi connectivity index (χ4v) is 1.65. The van der Waals surface area contributed by atoms with Crippen LogP contribution in [-0.4, -0.2) is 56.2 Å². The van der Waals surface area contributed by atoms with Crippen molar-refractivity contribution in [3.8, 4) is 0 Å². The second kappa shape index (κ2) is 6.24. The Balaban J connectivity index is 1.57. The summed E-state index contributed by atoms with van der Waals surface area (Å²) in [7, 11) is 1.61. The molecule has 7 heteroatoms. The Bertz CT molecular complexity index is 305. The zero-order valence-corrected chi connectivity index (χ0v) is 10.3. The van der Waals surface area contributed by atoms with Crippen LogP contribution in [0.1, 0.15) is 19.3 Å². The van der Waals surface area contributed by atoms with Crippen molar-refractivity contribution in [3.05, 3.63) is 0 Å². The predicted molar refractivity (Wildman–Crippen MR) is 58.1 cm³/mol. The zero-order valence-electron chi connectivity index (χ0n) is 10.3. The number of rotatable bonds is 8. The molecule has 2 atom stereocenters. The Labute approximate surface area is 105 Å². The van der Waals surface area contributed by atoms with Gasteiger partial charge in [-0.15, -0.1) is 0 Å². The molecule has 2 unspecified atom stereocenters. The summed E-state index contributed by atoms with van der Waals surface area (Å²) in [6.45, 7) is 1.63. The van der Waals surface area contributed by atoms with Crippen LogP contribution < -0.4 is 0 Å². The van der Waals surface area contributed by atoms with Crippen LogP contribution in [0.2, 0.25) is 0 Å². The summed E-state index contributed by atoms with van der Waals surface area (Å²) < 4.78 is 15.3. The molecule has 0 aromatic rings. The number of carbonyl (C=O) groups excluding carboxylic acids is 2. The van der Waals surface area contributed by atoms with Crippen LogP contribution in [0.15, 0.2) is 0 Å². The van der Waals surface area contributed by atoms with Gasteiger partial charge in [-0.2, -0.15) is 5.06 Å². The molecular formula is C11H17NO6. The number of hydroxylamine groups is 2. The van der Waals surface area contributed by atoms with Crippen LogP contribution in [0.5, 0.6) is 0 Å². The highest BCUT2D eigenvalue weighted by Gasteiger charge is 2.45. The minimum absolute atomic E-state index is 0.103. The molecule has 2 saturated heterocycles. The minimum atomic E-state index is -0.498. The molecule has 0 aliphatic carbocycles. The lowest BCUT2D eigenvalue weighted by Crippen LogP contribution is -2.31. The van der Waals surface area contributed by atoms with E-state index in [1.165, 1.54) is 0 Å². The first-order valence-corrected chi connectivity index (χ1v) is 5.97. The maximum atomic E-state index is 11.3. The molecule has 0 spiro atoms. The summed E-state index contributed by atoms with van der Waals surface area (Å²) in [4.78, 5) is 27.7. The number of imide groups is 1. The highest BCUT2D eigenvalue weighted by atomic mass is 16.9. The number of epoxide rings is 1. The topological polar surface area (TPSA) is 77.6 Å². The van der Waals surface area contributed by atoms with E-state index < -0.39 is 6.29 Å². The highest BCUT2D eigenvalue weighted by molar-refractivity contribution is 6.00. The Morgan fingerprint density at radius 2 is 1.94 bits per heavy atom. The van der Waals surface area contributed by atoms with Gasteiger partial charge in [-0.05, 0) is 0 Å². The first-order chi connectivity index (χ1) is 8.72. The van der Waals surface area contributed by atoms with Gasteiger partial charge in [0, 0.05) is 33.0 Å². The van der Waals surface area contributed by atoms with Gasteiger partial charge in [0.1, 0.15) is 6.10 Å². The van der Waals surface area contributed by atoms with Gasteiger partial charge >= 0.3 is 0 Å². The number of hydrogen-bond donors (Lipinski definition) is 0. The van der Waals surface area contributed by atoms with E-state index in [1.54, 1.807) is 7.11 Å². The minimum Gasteiger partial charge on any atom is -0.382 e. The second-order valence-electron chi connectivity index (χ2n) is 4.12. The summed E-state index contributed by atoms with van der Waals surface area (Å²) in [5.74, 6) is -0.601. The SMILES string of the molecule is COCCOCCC1OC1ON1C(=O)CCC1=O. The molecule has 102 valence electrons. The van der Waals surface area contributed by atoms with E-state index in [1.807, 2.05) is 0 Å². The third-order valence-electron chi connectivity index (χ3n) is 2.73. The van der Waals surface area contributed by atoms with Gasteiger partial charge in [0.15, 0.2) is 0 Å². The van der Waals surface area contributed by atoms with Crippen molar-refractivity contribution < 1.29 is 28.6 Å². The summed E-state index contributed by atoms with van der Waals surface area (Å²) in [6, 6.07) is 0. The molecule has 2 amide bonds. The average Bonchev–Trinajstić information content (AvgIpc) is 3.03. The fraction of sp³-hybridized carbons (Fsp3) is 0.818. The Hall–Kier alpha value is -1.02. The van der Waals surface area contributed by atoms with Gasteiger partial charge < -0.3 is 14.2 Å². The molecule has 18 heavy (non-hydrogen) atoms. The summed E-state index contributed by atoms with van der Waals surface area (Å²) in [5, 5.41) is 0.816. The normalized spacial score (nSPS) is 27.1. The number of hydrogen-bond acceptors (Lipinski definition) is 6. The highest BCUT2D eigenvalue weighted by Crippen LogP contribution is 2.29. The van der Waals surface area contributed by atoms with Gasteiger partial charge in [0.2, 0.25) is 6.29 Å². The van der Waals surface area contributed by atoms with Gasteiger partial charge in [-0.1, -0.05) is 0 Å². The molecule has 0 aromatic heterocycles. The number of carbonyl (C=O) groups is 2. The molecule has 0 aromatic carbocycles. The molecule has 2 aliphatic rings. The van der Waals surface area contributed by atoms with Crippen LogP contribution in [0.25, 0.3) is 0 Å². The van der Waals surface area contributed by atoms with E-state index in [9.17, 15) is 9.59 Å². The van der Waals surface area contributed by atoms with E-state index >= 15 is 0 Å². The van der Waals surface area contributed by atoms with Crippen LogP contribution in [0.3, 0.4) is 0 Å². The van der Waals surface area contributed by atoms with Crippen LogP contribution in [-0.2, 0) is 28.6 Å². The van der Waals surface area contributed by atoms with E-state index in [2.05, 4.69) is 0 Å². The van der Waals surface area contributed by atoms with Crippen molar-refractivity contribution in [3.63, 3.8) is 0 Å². The predicted octanol–water partition coefficient (Wildman–Crippen LogP) is -0.155. The van der Waals surface area contributed by atoms with Crippen molar-refractivity contribution in [2.24, 2.45) is 0 Å². The van der Waals surface area contributed by atoms with E-state index in [4.69, 9.17) is 19.0 Å². The van der Waals surface area contributed by atoms with Gasteiger partial charge in [-0.25, -0.2) is 4.84 Å². The standard InChI is InChI=1S/C11H17NO6/c1-15-6-7-16-5-4-8-11(17-8)18-12-9(13)2-3-10(12)14/h8,11H,2-7H2,1H3. The molecule has 0 N–H and O–H groups in total. The molecule has 2 rings (SSSR count). The average molecular weight is 259 g/mol. The second-order valence-corrected chi connectivity index (χ2v) is 4.12. The maximum Gasteiger partial charge on any atom is 0.254 e. The molecule has 7 nitrogen and oxygen atoms in total. The molecule has 0 bridgehead atoms. The summed E-state index contributed by atoms with van der Waals surface area (Å²) >= 11 is 0. The van der Waals surface area contributed by atoms with Crippen molar-refractivity contribution >= 4 is 11.8 Å². The molecule has 2 fully saturated rings. The number of ether oxygens (including phenoxy) is 3. The van der Waals surface area contributed by atoms with Crippen LogP contribution in [0, 0.1) is 0 Å². The van der Waals surface area contributed by atoms with E-state index in [0.29, 0.717) is 26.2 Å². The molecule has 0 saturated carbocycles. The van der Waals surface area contributed by atoms with Gasteiger partial charge in [-0.3, -0.25) is 9.59 Å². The lowest BCUT2D eigenvalue weighted by Gasteiger charge is -2.10. The van der Waals surface area contributed by atoms with Crippen molar-refractivity contribution in [2.45, 2.75) is 31.7 Å². The number of amides is 2. The van der Waals surface area contributed by atoms with Gasteiger partial charge in [0.25, 0.3) is 11.8 Å². The third-order valence-corrected chi connectivity index (χ3v) is 2.73. The Kier molecular flexibility index (Phi) is 4.65. The summed E-state index contributed by atoms with van der Waals surface area (Å²) in [5.41, 5.74) is 0. The molecule has 2 aliphatic heterocycles. The van der Waals surface area contributed by atoms with Crippen LogP contribution in [0.4, 0.5) is 0 Å². The van der Waals surface area contributed by atoms with Crippen molar-refractivity contribution in [1.29, 1.82) is 0 Å². The Morgan fingerprint density at radius 1 is 1.22 bits per heavy atom. The van der Waals surface area contributed by atoms with E-state index in [-0.39, 0.29) is 30.8 Å². The lowest BCUT2D eigenvalue weighted by atomic mass is 10.3. The monoisotopic (exact) mass is 259 g/mol. The number of nitrogens with zero attached hydrogens (tertiary/aromatic N) is 1. The van der Waals surface area contributed by atoms with E-state index in [0.717, 1.165) is 5.06 Å². The Morgan fingerprint density at radius 3 is 2.61 bits per heavy atom. The molecule has 0 radical (unpaired) electrons. The quantitative estimate of drug-likeness (QED) is 0.342. The van der Waals surface area contributed by atoms with Crippen molar-refractivity contribution in [1.82, 2.24) is 5.06 Å². The first-order valence-electron chi connectivity index (χ1n) is 5.97. The fourth-order valence-electron chi connectivity index (χ4n) is 1.65. The maximum absolute atomic E-state index is 11.3. The van der Waals surface area contributed by atoms with Crippen LogP contribution >= 0.6 is 0 Å². The lowest BCUT2D eigenvalue weighted by molar-refractivity contribution is -0.201. The first kappa shape index (κ1) is 13.4.